The number of hydrogen-bond donors (Lipinski definition) is 0. The van der Waals surface area contributed by atoms with Crippen LogP contribution >= 0.6 is 0 Å². The molecule has 0 fully saturated rings. The molecule has 0 aliphatic rings. The van der Waals surface area contributed by atoms with Crippen LogP contribution in [0.2, 0.25) is 0 Å². The predicted octanol–water partition coefficient (Wildman–Crippen LogP) is 2.99. The second-order valence-corrected chi connectivity index (χ2v) is 3.36. The lowest BCUT2D eigenvalue weighted by atomic mass is 10.0. The van der Waals surface area contributed by atoms with Gasteiger partial charge in [-0.05, 0) is 19.8 Å². The van der Waals surface area contributed by atoms with E-state index in [2.05, 4.69) is 20.4 Å². The highest BCUT2D eigenvalue weighted by molar-refractivity contribution is 4.98. The Morgan fingerprint density at radius 1 is 1.15 bits per heavy atom. The first-order valence-electron chi connectivity index (χ1n) is 5.02. The third-order valence-electron chi connectivity index (χ3n) is 1.95. The Hall–Kier alpha value is -0.340. The van der Waals surface area contributed by atoms with E-state index in [1.54, 1.807) is 0 Å². The molecule has 2 nitrogen and oxygen atoms in total. The monoisotopic (exact) mass is 186 g/mol. The fourth-order valence-corrected chi connectivity index (χ4v) is 0.988. The fraction of sp³-hybridized carbons (Fsp3) is 0.818. The first kappa shape index (κ1) is 12.7. The Bertz CT molecular complexity index is 135. The predicted molar refractivity (Wildman–Crippen MR) is 55.6 cm³/mol. The largest absolute Gasteiger partial charge is 0.353 e. The number of rotatable bonds is 7. The maximum Gasteiger partial charge on any atom is 0.161 e. The number of hydrogen-bond acceptors (Lipinski definition) is 2. The van der Waals surface area contributed by atoms with E-state index in [0.29, 0.717) is 19.1 Å². The summed E-state index contributed by atoms with van der Waals surface area (Å²) in [5, 5.41) is 0. The van der Waals surface area contributed by atoms with E-state index < -0.39 is 0 Å². The molecule has 2 heteroatoms. The van der Waals surface area contributed by atoms with Gasteiger partial charge in [-0.15, -0.1) is 0 Å². The van der Waals surface area contributed by atoms with Gasteiger partial charge in [0.2, 0.25) is 0 Å². The molecule has 0 atom stereocenters. The van der Waals surface area contributed by atoms with Gasteiger partial charge in [0.25, 0.3) is 0 Å². The highest BCUT2D eigenvalue weighted by Crippen LogP contribution is 2.16. The van der Waals surface area contributed by atoms with E-state index in [9.17, 15) is 0 Å². The molecule has 0 N–H and O–H groups in total. The Morgan fingerprint density at radius 3 is 1.92 bits per heavy atom. The molecule has 0 aromatic heterocycles. The minimum atomic E-state index is -0.107. The summed E-state index contributed by atoms with van der Waals surface area (Å²) in [4.78, 5) is 0. The summed E-state index contributed by atoms with van der Waals surface area (Å²) < 4.78 is 10.8. The van der Waals surface area contributed by atoms with Crippen molar-refractivity contribution < 1.29 is 9.47 Å². The summed E-state index contributed by atoms with van der Waals surface area (Å²) in [6.07, 6.45) is 0.698. The third-order valence-corrected chi connectivity index (χ3v) is 1.95. The minimum Gasteiger partial charge on any atom is -0.353 e. The zero-order valence-corrected chi connectivity index (χ0v) is 9.30. The van der Waals surface area contributed by atoms with Crippen LogP contribution in [0.1, 0.15) is 34.1 Å². The molecular weight excluding hydrogens is 164 g/mol. The molecule has 13 heavy (non-hydrogen) atoms. The normalized spacial score (nSPS) is 11.2. The van der Waals surface area contributed by atoms with Crippen molar-refractivity contribution in [1.82, 2.24) is 0 Å². The lowest BCUT2D eigenvalue weighted by Gasteiger charge is -2.19. The molecule has 0 rings (SSSR count). The van der Waals surface area contributed by atoms with Crippen LogP contribution < -0.4 is 0 Å². The van der Waals surface area contributed by atoms with Crippen LogP contribution in [0.3, 0.4) is 0 Å². The molecule has 0 unspecified atom stereocenters. The molecule has 0 aromatic rings. The van der Waals surface area contributed by atoms with Crippen LogP contribution in [0.15, 0.2) is 12.2 Å². The van der Waals surface area contributed by atoms with Crippen LogP contribution in [-0.2, 0) is 9.47 Å². The quantitative estimate of drug-likeness (QED) is 0.449. The average molecular weight is 186 g/mol. The van der Waals surface area contributed by atoms with Crippen LogP contribution in [0.5, 0.6) is 0 Å². The molecule has 0 bridgehead atoms. The highest BCUT2D eigenvalue weighted by atomic mass is 16.7. The van der Waals surface area contributed by atoms with Gasteiger partial charge in [-0.2, -0.15) is 0 Å². The fourth-order valence-electron chi connectivity index (χ4n) is 0.988. The second-order valence-electron chi connectivity index (χ2n) is 3.36. The molecular formula is C11H22O2. The number of ether oxygens (including phenoxy) is 2. The van der Waals surface area contributed by atoms with Gasteiger partial charge in [-0.1, -0.05) is 26.0 Å². The molecule has 0 aromatic carbocycles. The first-order chi connectivity index (χ1) is 6.11. The molecule has 0 heterocycles. The van der Waals surface area contributed by atoms with Crippen LogP contribution in [0.4, 0.5) is 0 Å². The Balaban J connectivity index is 3.86. The topological polar surface area (TPSA) is 18.5 Å². The van der Waals surface area contributed by atoms with Crippen LogP contribution in [0, 0.1) is 5.92 Å². The van der Waals surface area contributed by atoms with Gasteiger partial charge in [0.15, 0.2) is 6.29 Å². The van der Waals surface area contributed by atoms with Crippen molar-refractivity contribution in [2.24, 2.45) is 5.92 Å². The second kappa shape index (κ2) is 7.10. The lowest BCUT2D eigenvalue weighted by molar-refractivity contribution is -0.135. The van der Waals surface area contributed by atoms with Gasteiger partial charge in [0, 0.05) is 19.6 Å². The van der Waals surface area contributed by atoms with Gasteiger partial charge in [0.05, 0.1) is 0 Å². The maximum absolute atomic E-state index is 5.42. The van der Waals surface area contributed by atoms with Crippen molar-refractivity contribution in [3.05, 3.63) is 12.2 Å². The molecule has 0 aliphatic carbocycles. The molecule has 0 radical (unpaired) electrons. The van der Waals surface area contributed by atoms with Gasteiger partial charge in [-0.3, -0.25) is 0 Å². The summed E-state index contributed by atoms with van der Waals surface area (Å²) in [6.45, 7) is 13.6. The summed E-state index contributed by atoms with van der Waals surface area (Å²) in [5.41, 5.74) is 1.19. The van der Waals surface area contributed by atoms with Crippen molar-refractivity contribution in [2.45, 2.75) is 40.4 Å². The van der Waals surface area contributed by atoms with Crippen LogP contribution in [0.25, 0.3) is 0 Å². The van der Waals surface area contributed by atoms with Gasteiger partial charge in [0.1, 0.15) is 0 Å². The van der Waals surface area contributed by atoms with E-state index in [1.807, 2.05) is 13.8 Å². The van der Waals surface area contributed by atoms with Gasteiger partial charge >= 0.3 is 0 Å². The smallest absolute Gasteiger partial charge is 0.161 e. The van der Waals surface area contributed by atoms with E-state index in [-0.39, 0.29) is 6.29 Å². The molecule has 0 aliphatic heterocycles. The molecule has 78 valence electrons. The summed E-state index contributed by atoms with van der Waals surface area (Å²) in [5.74, 6) is 0.503. The highest BCUT2D eigenvalue weighted by Gasteiger charge is 2.11. The molecule has 0 saturated heterocycles. The molecule has 0 saturated carbocycles. The molecule has 0 amide bonds. The van der Waals surface area contributed by atoms with E-state index >= 15 is 0 Å². The molecule has 0 spiro atoms. The van der Waals surface area contributed by atoms with Crippen molar-refractivity contribution in [3.63, 3.8) is 0 Å². The minimum absolute atomic E-state index is 0.107. The van der Waals surface area contributed by atoms with E-state index in [1.165, 1.54) is 5.57 Å². The van der Waals surface area contributed by atoms with Crippen molar-refractivity contribution in [2.75, 3.05) is 13.2 Å². The van der Waals surface area contributed by atoms with E-state index in [4.69, 9.17) is 9.47 Å². The maximum atomic E-state index is 5.42. The van der Waals surface area contributed by atoms with Gasteiger partial charge < -0.3 is 9.47 Å². The van der Waals surface area contributed by atoms with Crippen molar-refractivity contribution in [1.29, 1.82) is 0 Å². The van der Waals surface area contributed by atoms with Crippen LogP contribution in [-0.4, -0.2) is 19.5 Å². The average Bonchev–Trinajstić information content (AvgIpc) is 2.05. The van der Waals surface area contributed by atoms with Crippen molar-refractivity contribution >= 4 is 0 Å². The Labute approximate surface area is 81.9 Å². The standard InChI is InChI=1S/C11H22O2/c1-6-12-11(13-7-2)8-10(5)9(3)4/h9,11H,5-8H2,1-4H3. The summed E-state index contributed by atoms with van der Waals surface area (Å²) in [7, 11) is 0. The Kier molecular flexibility index (Phi) is 6.92. The Morgan fingerprint density at radius 2 is 1.62 bits per heavy atom. The van der Waals surface area contributed by atoms with Crippen molar-refractivity contribution in [3.8, 4) is 0 Å². The summed E-state index contributed by atoms with van der Waals surface area (Å²) in [6, 6.07) is 0. The first-order valence-corrected chi connectivity index (χ1v) is 5.02. The SMILES string of the molecule is C=C(CC(OCC)OCC)C(C)C. The van der Waals surface area contributed by atoms with Gasteiger partial charge in [-0.25, -0.2) is 0 Å². The zero-order valence-electron chi connectivity index (χ0n) is 9.30. The lowest BCUT2D eigenvalue weighted by Crippen LogP contribution is -2.18. The zero-order chi connectivity index (χ0) is 10.3. The third kappa shape index (κ3) is 5.83. The van der Waals surface area contributed by atoms with E-state index in [0.717, 1.165) is 6.42 Å². The summed E-state index contributed by atoms with van der Waals surface area (Å²) >= 11 is 0.